The summed E-state index contributed by atoms with van der Waals surface area (Å²) in [5.74, 6) is 0. The highest BCUT2D eigenvalue weighted by Gasteiger charge is 2.11. The van der Waals surface area contributed by atoms with Gasteiger partial charge >= 0.3 is 0 Å². The van der Waals surface area contributed by atoms with Gasteiger partial charge < -0.3 is 14.7 Å². The molecule has 0 saturated carbocycles. The molecule has 24 heavy (non-hydrogen) atoms. The lowest BCUT2D eigenvalue weighted by atomic mass is 10.2. The second-order valence-corrected chi connectivity index (χ2v) is 6.19. The molecule has 2 heterocycles. The molecule has 0 radical (unpaired) electrons. The Hall–Kier alpha value is -2.63. The molecule has 0 fully saturated rings. The third-order valence-electron chi connectivity index (χ3n) is 3.54. The van der Waals surface area contributed by atoms with Crippen molar-refractivity contribution in [1.82, 2.24) is 19.5 Å². The van der Waals surface area contributed by atoms with Crippen LogP contribution in [0.25, 0.3) is 11.2 Å². The van der Waals surface area contributed by atoms with Crippen LogP contribution in [0.4, 0.5) is 0 Å². The van der Waals surface area contributed by atoms with Gasteiger partial charge in [0.1, 0.15) is 5.52 Å². The molecule has 0 unspecified atom stereocenters. The second-order valence-electron chi connectivity index (χ2n) is 5.16. The van der Waals surface area contributed by atoms with Gasteiger partial charge in [-0.3, -0.25) is 5.41 Å². The van der Waals surface area contributed by atoms with Crippen molar-refractivity contribution in [3.8, 4) is 6.07 Å². The maximum Gasteiger partial charge on any atom is 0.173 e. The Morgan fingerprint density at radius 1 is 1.38 bits per heavy atom. The summed E-state index contributed by atoms with van der Waals surface area (Å²) >= 11 is 1.41. The molecule has 3 aromatic rings. The summed E-state index contributed by atoms with van der Waals surface area (Å²) in [5, 5.41) is 26.7. The summed E-state index contributed by atoms with van der Waals surface area (Å²) in [4.78, 5) is 12.7. The van der Waals surface area contributed by atoms with Crippen LogP contribution >= 0.6 is 11.8 Å². The van der Waals surface area contributed by atoms with Crippen LogP contribution < -0.4 is 5.49 Å². The third-order valence-corrected chi connectivity index (χ3v) is 4.54. The van der Waals surface area contributed by atoms with Gasteiger partial charge in [-0.25, -0.2) is 9.97 Å². The van der Waals surface area contributed by atoms with E-state index in [0.717, 1.165) is 10.5 Å². The van der Waals surface area contributed by atoms with Crippen LogP contribution in [0.2, 0.25) is 0 Å². The molecule has 122 valence electrons. The number of imidazole rings is 1. The average molecular weight is 340 g/mol. The first-order valence-electron chi connectivity index (χ1n) is 7.46. The van der Waals surface area contributed by atoms with Gasteiger partial charge in [-0.05, 0) is 18.1 Å². The van der Waals surface area contributed by atoms with E-state index in [0.29, 0.717) is 35.7 Å². The Morgan fingerprint density at radius 2 is 2.21 bits per heavy atom. The first kappa shape index (κ1) is 16.2. The number of aliphatic hydroxyl groups is 1. The number of H-pyrrole nitrogens is 1. The number of hydrogen-bond donors (Lipinski definition) is 3. The molecule has 8 heteroatoms. The molecule has 0 aliphatic carbocycles. The number of aryl methyl sites for hydroxylation is 1. The molecule has 3 rings (SSSR count). The first-order chi connectivity index (χ1) is 11.7. The third kappa shape index (κ3) is 3.32. The second kappa shape index (κ2) is 7.29. The summed E-state index contributed by atoms with van der Waals surface area (Å²) in [7, 11) is 0. The summed E-state index contributed by atoms with van der Waals surface area (Å²) in [6, 6.07) is 9.69. The van der Waals surface area contributed by atoms with Gasteiger partial charge in [0.2, 0.25) is 0 Å². The maximum absolute atomic E-state index is 9.43. The van der Waals surface area contributed by atoms with E-state index in [-0.39, 0.29) is 12.1 Å². The number of nitriles is 1. The molecule has 0 amide bonds. The molecule has 1 aromatic carbocycles. The predicted molar refractivity (Wildman–Crippen MR) is 89.1 cm³/mol. The Morgan fingerprint density at radius 3 is 3.00 bits per heavy atom. The fourth-order valence-electron chi connectivity index (χ4n) is 2.34. The fourth-order valence-corrected chi connectivity index (χ4v) is 3.24. The van der Waals surface area contributed by atoms with Crippen molar-refractivity contribution < 1.29 is 5.11 Å². The van der Waals surface area contributed by atoms with Crippen molar-refractivity contribution in [2.45, 2.75) is 36.0 Å². The van der Waals surface area contributed by atoms with E-state index < -0.39 is 0 Å². The normalized spacial score (nSPS) is 10.8. The largest absolute Gasteiger partial charge is 0.392 e. The molecule has 0 spiro atoms. The minimum Gasteiger partial charge on any atom is -0.392 e. The van der Waals surface area contributed by atoms with Crippen molar-refractivity contribution in [3.05, 3.63) is 41.6 Å². The quantitative estimate of drug-likeness (QED) is 0.595. The summed E-state index contributed by atoms with van der Waals surface area (Å²) in [6.45, 7) is 0.586. The van der Waals surface area contributed by atoms with Gasteiger partial charge in [0.25, 0.3) is 0 Å². The van der Waals surface area contributed by atoms with E-state index in [9.17, 15) is 5.11 Å². The number of nitrogens with one attached hydrogen (secondary N) is 2. The minimum atomic E-state index is -0.0389. The van der Waals surface area contributed by atoms with Crippen molar-refractivity contribution in [3.63, 3.8) is 0 Å². The first-order valence-corrected chi connectivity index (χ1v) is 8.28. The number of aromatic nitrogens is 4. The van der Waals surface area contributed by atoms with E-state index >= 15 is 0 Å². The lowest BCUT2D eigenvalue weighted by Gasteiger charge is -2.04. The number of hydrogen-bond acceptors (Lipinski definition) is 6. The Bertz CT molecular complexity index is 955. The van der Waals surface area contributed by atoms with Gasteiger partial charge in [-0.1, -0.05) is 30.0 Å². The van der Waals surface area contributed by atoms with Crippen molar-refractivity contribution >= 4 is 22.9 Å². The zero-order valence-corrected chi connectivity index (χ0v) is 13.7. The number of unbranched alkanes of at least 4 members (excludes halogenated alkanes) is 1. The van der Waals surface area contributed by atoms with Crippen molar-refractivity contribution in [2.24, 2.45) is 0 Å². The summed E-state index contributed by atoms with van der Waals surface area (Å²) in [6.07, 6.45) is 2.75. The number of rotatable bonds is 6. The Balaban J connectivity index is 1.95. The molecule has 0 aliphatic heterocycles. The van der Waals surface area contributed by atoms with Gasteiger partial charge in [-0.2, -0.15) is 5.26 Å². The van der Waals surface area contributed by atoms with Crippen LogP contribution in [0, 0.1) is 16.7 Å². The Labute approximate surface area is 142 Å². The lowest BCUT2D eigenvalue weighted by molar-refractivity contribution is 0.279. The highest BCUT2D eigenvalue weighted by molar-refractivity contribution is 7.99. The molecule has 0 saturated heterocycles. The summed E-state index contributed by atoms with van der Waals surface area (Å²) < 4.78 is 1.85. The standard InChI is InChI=1S/C16H16N6OS/c17-7-3-4-8-22-10-19-14(18)13-15(22)21-16(20-13)24-12-6-2-1-5-11(12)9-23/h1-2,5-6,10,18,23H,3-4,8-9H2,(H,20,21). The highest BCUT2D eigenvalue weighted by atomic mass is 32.2. The van der Waals surface area contributed by atoms with Crippen LogP contribution in [0.1, 0.15) is 18.4 Å². The van der Waals surface area contributed by atoms with E-state index in [4.69, 9.17) is 10.7 Å². The fraction of sp³-hybridized carbons (Fsp3) is 0.250. The van der Waals surface area contributed by atoms with E-state index in [1.54, 1.807) is 6.33 Å². The summed E-state index contributed by atoms with van der Waals surface area (Å²) in [5.41, 5.74) is 2.18. The average Bonchev–Trinajstić information content (AvgIpc) is 3.02. The zero-order chi connectivity index (χ0) is 16.9. The molecule has 7 nitrogen and oxygen atoms in total. The van der Waals surface area contributed by atoms with E-state index in [1.807, 2.05) is 28.8 Å². The molecule has 0 aliphatic rings. The zero-order valence-electron chi connectivity index (χ0n) is 12.9. The molecular formula is C16H16N6OS. The van der Waals surface area contributed by atoms with Crippen LogP contribution in [-0.2, 0) is 13.2 Å². The van der Waals surface area contributed by atoms with Gasteiger partial charge in [-0.15, -0.1) is 0 Å². The topological polar surface area (TPSA) is 114 Å². The maximum atomic E-state index is 9.43. The van der Waals surface area contributed by atoms with Crippen molar-refractivity contribution in [2.75, 3.05) is 0 Å². The monoisotopic (exact) mass is 340 g/mol. The number of benzene rings is 1. The molecule has 0 bridgehead atoms. The number of nitrogens with zero attached hydrogens (tertiary/aromatic N) is 4. The SMILES string of the molecule is N#CCCCn1cnc(=N)c2[nH]c(Sc3ccccc3CO)nc21. The number of fused-ring (bicyclic) bond motifs is 1. The van der Waals surface area contributed by atoms with Crippen molar-refractivity contribution in [1.29, 1.82) is 10.7 Å². The molecule has 3 N–H and O–H groups in total. The van der Waals surface area contributed by atoms with Crippen LogP contribution in [0.5, 0.6) is 0 Å². The van der Waals surface area contributed by atoms with Gasteiger partial charge in [0, 0.05) is 17.9 Å². The van der Waals surface area contributed by atoms with Gasteiger partial charge in [0.15, 0.2) is 16.3 Å². The number of aromatic amines is 1. The van der Waals surface area contributed by atoms with E-state index in [1.165, 1.54) is 11.8 Å². The number of aliphatic hydroxyl groups excluding tert-OH is 1. The lowest BCUT2D eigenvalue weighted by Crippen LogP contribution is -2.12. The Kier molecular flexibility index (Phi) is 4.93. The molecule has 2 aromatic heterocycles. The highest BCUT2D eigenvalue weighted by Crippen LogP contribution is 2.29. The molecular weight excluding hydrogens is 324 g/mol. The van der Waals surface area contributed by atoms with E-state index in [2.05, 4.69) is 21.0 Å². The van der Waals surface area contributed by atoms with Crippen LogP contribution in [-0.4, -0.2) is 24.6 Å². The van der Waals surface area contributed by atoms with Crippen LogP contribution in [0.15, 0.2) is 40.6 Å². The smallest absolute Gasteiger partial charge is 0.173 e. The molecule has 0 atom stereocenters. The van der Waals surface area contributed by atoms with Gasteiger partial charge in [0.05, 0.1) is 19.0 Å². The minimum absolute atomic E-state index is 0.0389. The predicted octanol–water partition coefficient (Wildman–Crippen LogP) is 2.19. The van der Waals surface area contributed by atoms with Crippen LogP contribution in [0.3, 0.4) is 0 Å².